The van der Waals surface area contributed by atoms with Gasteiger partial charge in [-0.05, 0) is 29.0 Å². The van der Waals surface area contributed by atoms with Gasteiger partial charge in [-0.15, -0.1) is 0 Å². The van der Waals surface area contributed by atoms with E-state index in [0.717, 1.165) is 30.8 Å². The highest BCUT2D eigenvalue weighted by molar-refractivity contribution is 5.78. The van der Waals surface area contributed by atoms with Crippen molar-refractivity contribution in [1.29, 1.82) is 0 Å². The summed E-state index contributed by atoms with van der Waals surface area (Å²) in [6.07, 6.45) is 24.2. The number of unbranched alkanes of at least 4 members (excludes halogenated alkanes) is 13. The molecule has 0 aliphatic carbocycles. The van der Waals surface area contributed by atoms with Crippen molar-refractivity contribution >= 4 is 5.91 Å². The van der Waals surface area contributed by atoms with E-state index in [0.29, 0.717) is 6.42 Å². The van der Waals surface area contributed by atoms with Crippen molar-refractivity contribution < 1.29 is 14.1 Å². The number of aromatic nitrogens is 1. The van der Waals surface area contributed by atoms with Gasteiger partial charge in [0.1, 0.15) is 5.75 Å². The van der Waals surface area contributed by atoms with E-state index in [1.54, 1.807) is 0 Å². The smallest absolute Gasteiger partial charge is 0.233 e. The molecule has 1 unspecified atom stereocenters. The lowest BCUT2D eigenvalue weighted by Gasteiger charge is -2.24. The quantitative estimate of drug-likeness (QED) is 0.124. The Balaban J connectivity index is 1.69. The number of nitrogens with zero attached hydrogens (tertiary/aromatic N) is 1. The maximum atomic E-state index is 12.9. The third-order valence-electron chi connectivity index (χ3n) is 7.78. The number of ether oxygens (including phenoxy) is 1. The standard InChI is InChI=1S/C36H58N2O2/c1-6-8-9-10-11-12-13-14-15-16-17-18-19-23-28-40-33-25-24-31(29-32(33)36(3,4)5)30-35(39)37-34(7-2)38-26-21-20-22-27-38/h20-22,24-27,29,34H,6-19,23,28,30H2,1-5H3/p+1. The first kappa shape index (κ1) is 33.8. The third kappa shape index (κ3) is 13.8. The van der Waals surface area contributed by atoms with E-state index in [9.17, 15) is 4.79 Å². The molecular weight excluding hydrogens is 492 g/mol. The average molecular weight is 552 g/mol. The van der Waals surface area contributed by atoms with Crippen molar-refractivity contribution in [3.63, 3.8) is 0 Å². The van der Waals surface area contributed by atoms with Gasteiger partial charge in [-0.1, -0.05) is 136 Å². The highest BCUT2D eigenvalue weighted by Crippen LogP contribution is 2.32. The summed E-state index contributed by atoms with van der Waals surface area (Å²) >= 11 is 0. The van der Waals surface area contributed by atoms with E-state index in [1.807, 2.05) is 41.2 Å². The van der Waals surface area contributed by atoms with Crippen LogP contribution in [0, 0.1) is 0 Å². The van der Waals surface area contributed by atoms with Gasteiger partial charge in [0.05, 0.1) is 13.0 Å². The molecule has 0 saturated carbocycles. The van der Waals surface area contributed by atoms with Crippen LogP contribution in [0.15, 0.2) is 48.8 Å². The molecule has 1 aromatic heterocycles. The Kier molecular flexibility index (Phi) is 16.6. The number of pyridine rings is 1. The van der Waals surface area contributed by atoms with Gasteiger partial charge in [0.25, 0.3) is 0 Å². The first-order valence-corrected chi connectivity index (χ1v) is 16.4. The van der Waals surface area contributed by atoms with Gasteiger partial charge >= 0.3 is 0 Å². The average Bonchev–Trinajstić information content (AvgIpc) is 2.94. The van der Waals surface area contributed by atoms with Crippen LogP contribution >= 0.6 is 0 Å². The van der Waals surface area contributed by atoms with Crippen molar-refractivity contribution in [2.24, 2.45) is 0 Å². The van der Waals surface area contributed by atoms with Crippen molar-refractivity contribution in [2.45, 2.75) is 149 Å². The summed E-state index contributed by atoms with van der Waals surface area (Å²) in [4.78, 5) is 12.9. The van der Waals surface area contributed by atoms with E-state index in [-0.39, 0.29) is 17.5 Å². The summed E-state index contributed by atoms with van der Waals surface area (Å²) in [6.45, 7) is 11.8. The minimum Gasteiger partial charge on any atom is -0.493 e. The highest BCUT2D eigenvalue weighted by Gasteiger charge is 2.22. The Morgan fingerprint density at radius 2 is 1.35 bits per heavy atom. The molecule has 0 fully saturated rings. The number of carbonyl (C=O) groups is 1. The molecule has 1 atom stereocenters. The molecule has 40 heavy (non-hydrogen) atoms. The molecule has 4 heteroatoms. The van der Waals surface area contributed by atoms with Crippen LogP contribution in [0.5, 0.6) is 5.75 Å². The zero-order chi connectivity index (χ0) is 29.1. The van der Waals surface area contributed by atoms with Crippen LogP contribution in [0.3, 0.4) is 0 Å². The Labute approximate surface area is 246 Å². The van der Waals surface area contributed by atoms with Crippen LogP contribution in [0.4, 0.5) is 0 Å². The van der Waals surface area contributed by atoms with Crippen LogP contribution in [-0.4, -0.2) is 12.5 Å². The summed E-state index contributed by atoms with van der Waals surface area (Å²) in [6, 6.07) is 12.2. The number of rotatable bonds is 21. The van der Waals surface area contributed by atoms with Gasteiger partial charge in [-0.25, -0.2) is 0 Å². The van der Waals surface area contributed by atoms with Crippen molar-refractivity contribution in [1.82, 2.24) is 5.32 Å². The molecule has 0 saturated heterocycles. The summed E-state index contributed by atoms with van der Waals surface area (Å²) in [5.41, 5.74) is 2.15. The van der Waals surface area contributed by atoms with Gasteiger partial charge in [-0.2, -0.15) is 4.57 Å². The van der Waals surface area contributed by atoms with Gasteiger partial charge < -0.3 is 4.74 Å². The lowest BCUT2D eigenvalue weighted by molar-refractivity contribution is -0.727. The first-order chi connectivity index (χ1) is 19.3. The Bertz CT molecular complexity index is 936. The molecule has 1 N–H and O–H groups in total. The predicted molar refractivity (Wildman–Crippen MR) is 169 cm³/mol. The second-order valence-corrected chi connectivity index (χ2v) is 12.5. The van der Waals surface area contributed by atoms with Crippen molar-refractivity contribution in [3.05, 3.63) is 59.9 Å². The minimum atomic E-state index is -0.0524. The molecule has 4 nitrogen and oxygen atoms in total. The maximum absolute atomic E-state index is 12.9. The second-order valence-electron chi connectivity index (χ2n) is 12.5. The lowest BCUT2D eigenvalue weighted by atomic mass is 9.85. The highest BCUT2D eigenvalue weighted by atomic mass is 16.5. The van der Waals surface area contributed by atoms with E-state index >= 15 is 0 Å². The molecule has 2 aromatic rings. The molecule has 2 rings (SSSR count). The maximum Gasteiger partial charge on any atom is 0.233 e. The number of amides is 1. The zero-order valence-corrected chi connectivity index (χ0v) is 26.5. The number of benzene rings is 1. The Hall–Kier alpha value is -2.36. The van der Waals surface area contributed by atoms with Gasteiger partial charge in [0.2, 0.25) is 12.1 Å². The molecule has 224 valence electrons. The second kappa shape index (κ2) is 19.7. The first-order valence-electron chi connectivity index (χ1n) is 16.4. The molecule has 0 spiro atoms. The van der Waals surface area contributed by atoms with Crippen LogP contribution in [-0.2, 0) is 16.6 Å². The Morgan fingerprint density at radius 1 is 0.800 bits per heavy atom. The molecule has 0 aliphatic rings. The fourth-order valence-corrected chi connectivity index (χ4v) is 5.31. The van der Waals surface area contributed by atoms with Crippen LogP contribution in [0.25, 0.3) is 0 Å². The topological polar surface area (TPSA) is 42.2 Å². The van der Waals surface area contributed by atoms with Crippen LogP contribution < -0.4 is 14.6 Å². The summed E-state index contributed by atoms with van der Waals surface area (Å²) in [7, 11) is 0. The largest absolute Gasteiger partial charge is 0.493 e. The van der Waals surface area contributed by atoms with Gasteiger partial charge in [0, 0.05) is 18.6 Å². The van der Waals surface area contributed by atoms with E-state index in [1.165, 1.54) is 89.0 Å². The third-order valence-corrected chi connectivity index (χ3v) is 7.78. The van der Waals surface area contributed by atoms with Crippen molar-refractivity contribution in [3.8, 4) is 5.75 Å². The van der Waals surface area contributed by atoms with E-state index < -0.39 is 0 Å². The summed E-state index contributed by atoms with van der Waals surface area (Å²) in [5.74, 6) is 0.997. The predicted octanol–water partition coefficient (Wildman–Crippen LogP) is 9.40. The van der Waals surface area contributed by atoms with E-state index in [4.69, 9.17) is 4.74 Å². The van der Waals surface area contributed by atoms with Crippen molar-refractivity contribution in [2.75, 3.05) is 6.61 Å². The van der Waals surface area contributed by atoms with Crippen LogP contribution in [0.2, 0.25) is 0 Å². The fraction of sp³-hybridized carbons (Fsp3) is 0.667. The SMILES string of the molecule is CCCCCCCCCCCCCCCCOc1ccc(CC(=O)NC(CC)[n+]2ccccc2)cc1C(C)(C)C. The normalized spacial score (nSPS) is 12.3. The Morgan fingerprint density at radius 3 is 1.88 bits per heavy atom. The van der Waals surface area contributed by atoms with Gasteiger partial charge in [-0.3, -0.25) is 10.1 Å². The summed E-state index contributed by atoms with van der Waals surface area (Å²) < 4.78 is 8.31. The minimum absolute atomic E-state index is 0.0384. The molecule has 1 heterocycles. The molecule has 0 bridgehead atoms. The molecular formula is C36H59N2O2+. The fourth-order valence-electron chi connectivity index (χ4n) is 5.31. The molecule has 0 radical (unpaired) electrons. The molecule has 1 amide bonds. The zero-order valence-electron chi connectivity index (χ0n) is 26.5. The molecule has 1 aromatic carbocycles. The van der Waals surface area contributed by atoms with Crippen LogP contribution in [0.1, 0.15) is 148 Å². The lowest BCUT2D eigenvalue weighted by Crippen LogP contribution is -2.49. The van der Waals surface area contributed by atoms with E-state index in [2.05, 4.69) is 52.1 Å². The number of carbonyl (C=O) groups excluding carboxylic acids is 1. The number of hydrogen-bond donors (Lipinski definition) is 1. The number of nitrogens with one attached hydrogen (secondary N) is 1. The summed E-state index contributed by atoms with van der Waals surface area (Å²) in [5, 5.41) is 3.18. The monoisotopic (exact) mass is 551 g/mol. The molecule has 0 aliphatic heterocycles. The van der Waals surface area contributed by atoms with Gasteiger partial charge in [0.15, 0.2) is 12.4 Å². The number of hydrogen-bond acceptors (Lipinski definition) is 2.